The van der Waals surface area contributed by atoms with Gasteiger partial charge in [-0.25, -0.2) is 4.52 Å². The number of aromatic nitrogens is 2. The number of hydrogen-bond acceptors (Lipinski definition) is 5. The van der Waals surface area contributed by atoms with E-state index in [1.807, 2.05) is 12.3 Å². The Kier molecular flexibility index (Phi) is 4.85. The topological polar surface area (TPSA) is 113 Å². The lowest BCUT2D eigenvalue weighted by atomic mass is 9.93. The van der Waals surface area contributed by atoms with Crippen LogP contribution in [-0.4, -0.2) is 56.2 Å². The van der Waals surface area contributed by atoms with Gasteiger partial charge in [0.15, 0.2) is 0 Å². The van der Waals surface area contributed by atoms with Gasteiger partial charge in [0.2, 0.25) is 0 Å². The van der Waals surface area contributed by atoms with Crippen LogP contribution in [0.4, 0.5) is 5.69 Å². The Morgan fingerprint density at radius 2 is 2.10 bits per heavy atom. The van der Waals surface area contributed by atoms with Crippen molar-refractivity contribution in [3.05, 3.63) is 28.5 Å². The highest BCUT2D eigenvalue weighted by atomic mass is 79.9. The highest BCUT2D eigenvalue weighted by Gasteiger charge is 2.48. The molecular formula is C20H26BrN5O3. The lowest BCUT2D eigenvalue weighted by Gasteiger charge is -2.28. The summed E-state index contributed by atoms with van der Waals surface area (Å²) in [6.07, 6.45) is 4.21. The largest absolute Gasteiger partial charge is 0.381 e. The molecule has 1 aliphatic heterocycles. The van der Waals surface area contributed by atoms with Crippen LogP contribution >= 0.6 is 15.9 Å². The van der Waals surface area contributed by atoms with Crippen molar-refractivity contribution in [2.24, 2.45) is 23.5 Å². The van der Waals surface area contributed by atoms with E-state index in [1.165, 1.54) is 20.0 Å². The standard InChI is InChI=1S/C20H26BrN5O3/c1-10-14-9-25(19(28)20(2,3)29)7-11(14)4-15(10)24-17-13(18(22)27)6-23-26-8-12(21)5-16(17)26/h5-6,8,10-11,14-15,24,29H,4,7,9H2,1-3H3,(H2,22,27)/t10-,11+,14-,15+/m0/s1. The fourth-order valence-corrected chi connectivity index (χ4v) is 5.28. The van der Waals surface area contributed by atoms with Gasteiger partial charge >= 0.3 is 0 Å². The van der Waals surface area contributed by atoms with Crippen molar-refractivity contribution in [2.45, 2.75) is 38.8 Å². The number of primary amides is 1. The van der Waals surface area contributed by atoms with Crippen molar-refractivity contribution in [2.75, 3.05) is 18.4 Å². The zero-order valence-corrected chi connectivity index (χ0v) is 18.3. The maximum Gasteiger partial charge on any atom is 0.253 e. The maximum absolute atomic E-state index is 12.4. The van der Waals surface area contributed by atoms with E-state index in [2.05, 4.69) is 33.3 Å². The fourth-order valence-electron chi connectivity index (χ4n) is 4.87. The lowest BCUT2D eigenvalue weighted by molar-refractivity contribution is -0.147. The van der Waals surface area contributed by atoms with Gasteiger partial charge in [0, 0.05) is 29.8 Å². The highest BCUT2D eigenvalue weighted by molar-refractivity contribution is 9.10. The monoisotopic (exact) mass is 463 g/mol. The van der Waals surface area contributed by atoms with Gasteiger partial charge < -0.3 is 21.1 Å². The molecule has 156 valence electrons. The summed E-state index contributed by atoms with van der Waals surface area (Å²) in [5.74, 6) is 0.280. The molecule has 2 aromatic rings. The third kappa shape index (κ3) is 3.50. The SMILES string of the molecule is C[C@H]1[C@@H]2CN(C(=O)C(C)(C)O)C[C@H]2C[C@H]1Nc1c(C(N)=O)cnn2cc(Br)cc12. The van der Waals surface area contributed by atoms with Crippen LogP contribution in [0.15, 0.2) is 22.9 Å². The molecule has 1 saturated carbocycles. The molecule has 3 heterocycles. The van der Waals surface area contributed by atoms with Crippen LogP contribution in [0.25, 0.3) is 5.52 Å². The normalized spacial score (nSPS) is 26.7. The molecule has 4 rings (SSSR count). The molecule has 4 atom stereocenters. The first-order valence-electron chi connectivity index (χ1n) is 9.81. The van der Waals surface area contributed by atoms with Crippen LogP contribution in [0.2, 0.25) is 0 Å². The molecule has 0 unspecified atom stereocenters. The van der Waals surface area contributed by atoms with Crippen LogP contribution in [0.3, 0.4) is 0 Å². The van der Waals surface area contributed by atoms with Gasteiger partial charge in [-0.1, -0.05) is 6.92 Å². The number of carbonyl (C=O) groups excluding carboxylic acids is 2. The van der Waals surface area contributed by atoms with E-state index in [0.717, 1.165) is 16.4 Å². The molecule has 0 aromatic carbocycles. The number of rotatable bonds is 4. The molecule has 8 nitrogen and oxygen atoms in total. The van der Waals surface area contributed by atoms with E-state index >= 15 is 0 Å². The molecule has 9 heteroatoms. The number of amides is 2. The van der Waals surface area contributed by atoms with Gasteiger partial charge in [0.25, 0.3) is 11.8 Å². The molecule has 4 N–H and O–H groups in total. The second-order valence-electron chi connectivity index (χ2n) is 8.82. The molecule has 1 aliphatic carbocycles. The Bertz CT molecular complexity index is 982. The summed E-state index contributed by atoms with van der Waals surface area (Å²) in [5, 5.41) is 17.9. The van der Waals surface area contributed by atoms with Crippen molar-refractivity contribution in [3.8, 4) is 0 Å². The first-order chi connectivity index (χ1) is 13.6. The number of nitrogens with two attached hydrogens (primary N) is 1. The minimum atomic E-state index is -1.35. The van der Waals surface area contributed by atoms with E-state index in [-0.39, 0.29) is 11.9 Å². The van der Waals surface area contributed by atoms with Gasteiger partial charge in [-0.2, -0.15) is 5.10 Å². The third-order valence-corrected chi connectivity index (χ3v) is 6.80. The quantitative estimate of drug-likeness (QED) is 0.640. The average molecular weight is 464 g/mol. The fraction of sp³-hybridized carbons (Fsp3) is 0.550. The second kappa shape index (κ2) is 6.98. The van der Waals surface area contributed by atoms with Crippen molar-refractivity contribution >= 4 is 38.9 Å². The van der Waals surface area contributed by atoms with E-state index in [4.69, 9.17) is 5.73 Å². The molecule has 29 heavy (non-hydrogen) atoms. The molecule has 0 radical (unpaired) electrons. The molecule has 2 aromatic heterocycles. The van der Waals surface area contributed by atoms with Crippen LogP contribution in [0, 0.1) is 17.8 Å². The third-order valence-electron chi connectivity index (χ3n) is 6.37. The average Bonchev–Trinajstić information content (AvgIpc) is 3.28. The lowest BCUT2D eigenvalue weighted by Crippen LogP contribution is -2.45. The van der Waals surface area contributed by atoms with Gasteiger partial charge in [-0.15, -0.1) is 0 Å². The number of halogens is 1. The number of hydrogen-bond donors (Lipinski definition) is 3. The van der Waals surface area contributed by atoms with Crippen LogP contribution < -0.4 is 11.1 Å². The van der Waals surface area contributed by atoms with Crippen LogP contribution in [-0.2, 0) is 4.79 Å². The van der Waals surface area contributed by atoms with E-state index in [1.54, 1.807) is 9.42 Å². The predicted octanol–water partition coefficient (Wildman–Crippen LogP) is 1.86. The zero-order chi connectivity index (χ0) is 21.1. The summed E-state index contributed by atoms with van der Waals surface area (Å²) in [6.45, 7) is 6.55. The Morgan fingerprint density at radius 1 is 1.38 bits per heavy atom. The highest BCUT2D eigenvalue weighted by Crippen LogP contribution is 2.44. The van der Waals surface area contributed by atoms with Crippen LogP contribution in [0.5, 0.6) is 0 Å². The minimum Gasteiger partial charge on any atom is -0.381 e. The van der Waals surface area contributed by atoms with Crippen molar-refractivity contribution in [1.29, 1.82) is 0 Å². The number of anilines is 1. The van der Waals surface area contributed by atoms with Gasteiger partial charge in [0.1, 0.15) is 5.60 Å². The molecule has 2 aliphatic rings. The molecule has 2 amide bonds. The Labute approximate surface area is 177 Å². The molecule has 1 saturated heterocycles. The number of fused-ring (bicyclic) bond motifs is 2. The molecular weight excluding hydrogens is 438 g/mol. The predicted molar refractivity (Wildman–Crippen MR) is 112 cm³/mol. The number of aliphatic hydroxyl groups is 1. The summed E-state index contributed by atoms with van der Waals surface area (Å²) in [6, 6.07) is 2.06. The maximum atomic E-state index is 12.4. The smallest absolute Gasteiger partial charge is 0.253 e. The minimum absolute atomic E-state index is 0.155. The van der Waals surface area contributed by atoms with Gasteiger partial charge in [0.05, 0.1) is 23.0 Å². The first kappa shape index (κ1) is 20.2. The summed E-state index contributed by atoms with van der Waals surface area (Å²) in [7, 11) is 0. The van der Waals surface area contributed by atoms with Gasteiger partial charge in [-0.3, -0.25) is 9.59 Å². The number of likely N-dealkylation sites (tertiary alicyclic amines) is 1. The number of nitrogens with zero attached hydrogens (tertiary/aromatic N) is 3. The Balaban J connectivity index is 1.57. The van der Waals surface area contributed by atoms with Crippen molar-refractivity contribution in [1.82, 2.24) is 14.5 Å². The van der Waals surface area contributed by atoms with E-state index in [0.29, 0.717) is 42.1 Å². The summed E-state index contributed by atoms with van der Waals surface area (Å²) in [4.78, 5) is 26.2. The van der Waals surface area contributed by atoms with E-state index < -0.39 is 11.5 Å². The van der Waals surface area contributed by atoms with E-state index in [9.17, 15) is 14.7 Å². The molecule has 2 fully saturated rings. The second-order valence-corrected chi connectivity index (χ2v) is 9.74. The summed E-state index contributed by atoms with van der Waals surface area (Å²) >= 11 is 3.46. The molecule has 0 spiro atoms. The Morgan fingerprint density at radius 3 is 2.72 bits per heavy atom. The zero-order valence-electron chi connectivity index (χ0n) is 16.7. The number of carbonyl (C=O) groups is 2. The summed E-state index contributed by atoms with van der Waals surface area (Å²) < 4.78 is 2.58. The van der Waals surface area contributed by atoms with Crippen molar-refractivity contribution < 1.29 is 14.7 Å². The van der Waals surface area contributed by atoms with Crippen molar-refractivity contribution in [3.63, 3.8) is 0 Å². The van der Waals surface area contributed by atoms with Crippen LogP contribution in [0.1, 0.15) is 37.6 Å². The molecule has 0 bridgehead atoms. The van der Waals surface area contributed by atoms with Gasteiger partial charge in [-0.05, 0) is 60.0 Å². The first-order valence-corrected chi connectivity index (χ1v) is 10.6. The Hall–Kier alpha value is -2.13. The number of nitrogens with one attached hydrogen (secondary N) is 1. The summed E-state index contributed by atoms with van der Waals surface area (Å²) in [5.41, 5.74) is 6.10.